The molecule has 0 aliphatic heterocycles. The van der Waals surface area contributed by atoms with Gasteiger partial charge in [-0.2, -0.15) is 36.4 Å². The van der Waals surface area contributed by atoms with Gasteiger partial charge in [-0.15, -0.1) is 23.3 Å². The molecule has 0 saturated carbocycles. The quantitative estimate of drug-likeness (QED) is 0.494. The summed E-state index contributed by atoms with van der Waals surface area (Å²) < 4.78 is 0. The Morgan fingerprint density at radius 2 is 1.24 bits per heavy atom. The Labute approximate surface area is 112 Å². The predicted octanol–water partition coefficient (Wildman–Crippen LogP) is 3.87. The smallest absolute Gasteiger partial charge is 0.551 e. The summed E-state index contributed by atoms with van der Waals surface area (Å²) >= 11 is 0. The topological polar surface area (TPSA) is 40.5 Å². The molecule has 0 atom stereocenters. The third-order valence-corrected chi connectivity index (χ3v) is 1.99. The second-order valence-electron chi connectivity index (χ2n) is 3.24. The Kier molecular flexibility index (Phi) is 6.80. The maximum Gasteiger partial charge on any atom is 2.00 e. The van der Waals surface area contributed by atoms with E-state index in [-0.39, 0.29) is 28.6 Å². The molecule has 2 N–H and O–H groups in total. The first-order valence-electron chi connectivity index (χ1n) is 4.81. The van der Waals surface area contributed by atoms with Crippen LogP contribution in [0, 0.1) is 0 Å². The van der Waals surface area contributed by atoms with E-state index in [4.69, 9.17) is 10.2 Å². The van der Waals surface area contributed by atoms with Crippen molar-refractivity contribution in [2.45, 2.75) is 0 Å². The summed E-state index contributed by atoms with van der Waals surface area (Å²) in [6.07, 6.45) is 0. The number of aliphatic hydroxyl groups excluding tert-OH is 2. The average Bonchev–Trinajstić information content (AvgIpc) is 2.93. The first-order chi connectivity index (χ1) is 7.61. The van der Waals surface area contributed by atoms with Crippen LogP contribution in [0.25, 0.3) is 11.5 Å². The van der Waals surface area contributed by atoms with E-state index in [2.05, 4.69) is 13.2 Å². The zero-order valence-corrected chi connectivity index (χ0v) is 10.4. The van der Waals surface area contributed by atoms with Crippen molar-refractivity contribution in [1.82, 2.24) is 0 Å². The summed E-state index contributed by atoms with van der Waals surface area (Å²) in [4.78, 5) is 0. The van der Waals surface area contributed by atoms with Gasteiger partial charge < -0.3 is 10.2 Å². The van der Waals surface area contributed by atoms with Crippen molar-refractivity contribution >= 4 is 11.5 Å². The fraction of sp³-hybridized carbons (Fsp3) is 0. The van der Waals surface area contributed by atoms with E-state index in [9.17, 15) is 0 Å². The van der Waals surface area contributed by atoms with Gasteiger partial charge in [0.15, 0.2) is 0 Å². The molecule has 0 aliphatic carbocycles. The van der Waals surface area contributed by atoms with Crippen LogP contribution < -0.4 is 0 Å². The molecule has 0 radical (unpaired) electrons. The van der Waals surface area contributed by atoms with Crippen molar-refractivity contribution in [3.05, 3.63) is 72.8 Å². The molecule has 0 amide bonds. The van der Waals surface area contributed by atoms with Crippen molar-refractivity contribution in [3.63, 3.8) is 0 Å². The van der Waals surface area contributed by atoms with Crippen LogP contribution in [0.3, 0.4) is 0 Å². The molecule has 0 fully saturated rings. The molecule has 0 bridgehead atoms. The Bertz CT molecular complexity index is 394. The van der Waals surface area contributed by atoms with Gasteiger partial charge in [0.05, 0.1) is 0 Å². The van der Waals surface area contributed by atoms with Crippen molar-refractivity contribution in [2.75, 3.05) is 0 Å². The fourth-order valence-electron chi connectivity index (χ4n) is 1.13. The maximum absolute atomic E-state index is 8.72. The minimum Gasteiger partial charge on any atom is -0.551 e. The van der Waals surface area contributed by atoms with Crippen molar-refractivity contribution in [1.29, 1.82) is 0 Å². The number of rotatable bonds is 2. The molecule has 90 valence electrons. The Morgan fingerprint density at radius 3 is 1.35 bits per heavy atom. The molecule has 2 aromatic carbocycles. The Morgan fingerprint density at radius 1 is 0.882 bits per heavy atom. The van der Waals surface area contributed by atoms with Crippen LogP contribution in [0.15, 0.2) is 61.7 Å². The molecule has 2 nitrogen and oxygen atoms in total. The van der Waals surface area contributed by atoms with Gasteiger partial charge in [0.2, 0.25) is 0 Å². The second kappa shape index (κ2) is 7.55. The molecule has 3 heteroatoms. The van der Waals surface area contributed by atoms with Crippen LogP contribution in [0.2, 0.25) is 0 Å². The summed E-state index contributed by atoms with van der Waals surface area (Å²) in [7, 11) is 0. The van der Waals surface area contributed by atoms with E-state index in [1.54, 1.807) is 0 Å². The molecule has 2 rings (SSSR count). The van der Waals surface area contributed by atoms with Crippen LogP contribution >= 0.6 is 0 Å². The van der Waals surface area contributed by atoms with E-state index < -0.39 is 0 Å². The SMILES string of the molecule is C=C(O)c1ccc[cH-]1.C=C(O)c1ccc[cH-]1.[Fe+2]. The summed E-state index contributed by atoms with van der Waals surface area (Å²) in [6, 6.07) is 14.7. The van der Waals surface area contributed by atoms with Gasteiger partial charge in [-0.25, -0.2) is 0 Å². The summed E-state index contributed by atoms with van der Waals surface area (Å²) in [5, 5.41) is 17.4. The molecule has 0 saturated heterocycles. The van der Waals surface area contributed by atoms with E-state index >= 15 is 0 Å². The van der Waals surface area contributed by atoms with E-state index in [1.807, 2.05) is 48.5 Å². The zero-order valence-electron chi connectivity index (χ0n) is 9.28. The van der Waals surface area contributed by atoms with Gasteiger partial charge in [0.25, 0.3) is 0 Å². The van der Waals surface area contributed by atoms with Crippen LogP contribution in [0.1, 0.15) is 11.1 Å². The predicted molar refractivity (Wildman–Crippen MR) is 67.4 cm³/mol. The normalized spacial score (nSPS) is 8.47. The Balaban J connectivity index is 0.000000284. The minimum absolute atomic E-state index is 0. The molecule has 0 aromatic heterocycles. The van der Waals surface area contributed by atoms with Gasteiger partial charge in [-0.05, 0) is 0 Å². The molecule has 0 unspecified atom stereocenters. The number of hydrogen-bond donors (Lipinski definition) is 2. The first kappa shape index (κ1) is 15.3. The summed E-state index contributed by atoms with van der Waals surface area (Å²) in [6.45, 7) is 6.71. The van der Waals surface area contributed by atoms with Crippen molar-refractivity contribution in [3.8, 4) is 0 Å². The second-order valence-corrected chi connectivity index (χ2v) is 3.24. The molecule has 17 heavy (non-hydrogen) atoms. The van der Waals surface area contributed by atoms with Crippen molar-refractivity contribution < 1.29 is 27.3 Å². The van der Waals surface area contributed by atoms with Gasteiger partial charge >= 0.3 is 17.1 Å². The van der Waals surface area contributed by atoms with Crippen LogP contribution in [-0.4, -0.2) is 10.2 Å². The number of aliphatic hydroxyl groups is 2. The standard InChI is InChI=1S/2C7H7O.Fe/c2*1-6(8)7-4-2-3-5-7;/h2*2-5,8H,1H2;/q2*-1;+2. The van der Waals surface area contributed by atoms with Crippen LogP contribution in [0.5, 0.6) is 0 Å². The largest absolute Gasteiger partial charge is 2.00 e. The van der Waals surface area contributed by atoms with E-state index in [1.165, 1.54) is 0 Å². The Hall–Kier alpha value is -1.70. The molecule has 2 aromatic rings. The monoisotopic (exact) mass is 270 g/mol. The van der Waals surface area contributed by atoms with Gasteiger partial charge in [-0.1, -0.05) is 13.2 Å². The molecular formula is C14H14FeO2. The average molecular weight is 270 g/mol. The zero-order chi connectivity index (χ0) is 12.0. The van der Waals surface area contributed by atoms with Gasteiger partial charge in [0.1, 0.15) is 0 Å². The molecule has 0 spiro atoms. The molecular weight excluding hydrogens is 256 g/mol. The summed E-state index contributed by atoms with van der Waals surface area (Å²) in [5.41, 5.74) is 1.59. The minimum atomic E-state index is 0. The van der Waals surface area contributed by atoms with E-state index in [0.717, 1.165) is 11.1 Å². The maximum atomic E-state index is 8.72. The number of hydrogen-bond acceptors (Lipinski definition) is 2. The van der Waals surface area contributed by atoms with Crippen molar-refractivity contribution in [2.24, 2.45) is 0 Å². The molecule has 0 heterocycles. The van der Waals surface area contributed by atoms with Gasteiger partial charge in [-0.3, -0.25) is 0 Å². The van der Waals surface area contributed by atoms with Crippen LogP contribution in [0.4, 0.5) is 0 Å². The third kappa shape index (κ3) is 5.25. The fourth-order valence-corrected chi connectivity index (χ4v) is 1.13. The first-order valence-corrected chi connectivity index (χ1v) is 4.81. The molecule has 0 aliphatic rings. The van der Waals surface area contributed by atoms with Gasteiger partial charge in [0, 0.05) is 11.5 Å². The van der Waals surface area contributed by atoms with E-state index in [0.29, 0.717) is 0 Å². The summed E-state index contributed by atoms with van der Waals surface area (Å²) in [5.74, 6) is 0.269. The van der Waals surface area contributed by atoms with Crippen LogP contribution in [-0.2, 0) is 17.1 Å². The third-order valence-electron chi connectivity index (χ3n) is 1.99.